The maximum atomic E-state index is 15.3. The highest BCUT2D eigenvalue weighted by atomic mass is 35.5. The topological polar surface area (TPSA) is 96.0 Å². The fourth-order valence-corrected chi connectivity index (χ4v) is 3.28. The van der Waals surface area contributed by atoms with E-state index in [0.717, 1.165) is 0 Å². The Morgan fingerprint density at radius 3 is 2.68 bits per heavy atom. The third-order valence-corrected chi connectivity index (χ3v) is 4.69. The second-order valence-corrected chi connectivity index (χ2v) is 6.95. The van der Waals surface area contributed by atoms with Crippen LogP contribution in [0.1, 0.15) is 62.6 Å². The average molecular weight is 406 g/mol. The average Bonchev–Trinajstić information content (AvgIpc) is 2.66. The van der Waals surface area contributed by atoms with Gasteiger partial charge in [-0.3, -0.25) is 9.59 Å². The van der Waals surface area contributed by atoms with Crippen LogP contribution in [0.2, 0.25) is 5.02 Å². The maximum absolute atomic E-state index is 15.3. The number of amides is 1. The maximum Gasteiger partial charge on any atom is 0.218 e. The summed E-state index contributed by atoms with van der Waals surface area (Å²) in [6.07, 6.45) is 0.637. The standard InChI is InChI=1S/C21H21ClFN3O2.2H2/c1-3-17(26-12(2)9-18(25)27)15-7-8-16(22)19(20(15)23)21(28)14-6-4-5-13(10-14)11-24;;/h4-8,10,12,17,26H,3,9H2,1-2H3,(H2,25,27);2*1H/t12-,17+;;/m0../s1. The molecule has 2 rings (SSSR count). The lowest BCUT2D eigenvalue weighted by Gasteiger charge is -2.23. The largest absolute Gasteiger partial charge is 0.370 e. The van der Waals surface area contributed by atoms with Gasteiger partial charge in [0, 0.05) is 32.5 Å². The van der Waals surface area contributed by atoms with Gasteiger partial charge in [0.2, 0.25) is 5.91 Å². The van der Waals surface area contributed by atoms with Gasteiger partial charge in [0.15, 0.2) is 5.78 Å². The van der Waals surface area contributed by atoms with E-state index >= 15 is 4.39 Å². The van der Waals surface area contributed by atoms with Gasteiger partial charge in [-0.25, -0.2) is 4.39 Å². The normalized spacial score (nSPS) is 12.8. The van der Waals surface area contributed by atoms with Crippen molar-refractivity contribution < 1.29 is 16.8 Å². The Kier molecular flexibility index (Phi) is 7.27. The molecule has 1 amide bonds. The zero-order chi connectivity index (χ0) is 20.8. The first-order chi connectivity index (χ1) is 13.3. The van der Waals surface area contributed by atoms with E-state index in [1.54, 1.807) is 19.1 Å². The van der Waals surface area contributed by atoms with E-state index in [0.29, 0.717) is 12.0 Å². The minimum atomic E-state index is -0.717. The van der Waals surface area contributed by atoms with Gasteiger partial charge in [-0.05, 0) is 31.5 Å². The molecular formula is C21H25ClFN3O2. The van der Waals surface area contributed by atoms with Crippen molar-refractivity contribution in [2.75, 3.05) is 0 Å². The number of nitrogens with one attached hydrogen (secondary N) is 1. The monoisotopic (exact) mass is 405 g/mol. The molecule has 0 aliphatic rings. The molecule has 2 aromatic rings. The summed E-state index contributed by atoms with van der Waals surface area (Å²) in [5.74, 6) is -1.77. The van der Waals surface area contributed by atoms with Crippen molar-refractivity contribution in [1.29, 1.82) is 5.26 Å². The molecule has 2 atom stereocenters. The summed E-state index contributed by atoms with van der Waals surface area (Å²) in [4.78, 5) is 24.0. The molecule has 0 heterocycles. The van der Waals surface area contributed by atoms with Crippen LogP contribution in [-0.4, -0.2) is 17.7 Å². The van der Waals surface area contributed by atoms with Crippen molar-refractivity contribution in [3.05, 3.63) is 69.5 Å². The van der Waals surface area contributed by atoms with Crippen molar-refractivity contribution in [1.82, 2.24) is 5.32 Å². The predicted molar refractivity (Wildman–Crippen MR) is 110 cm³/mol. The lowest BCUT2D eigenvalue weighted by Crippen LogP contribution is -2.34. The molecule has 0 unspecified atom stereocenters. The molecule has 0 aromatic heterocycles. The van der Waals surface area contributed by atoms with Crippen molar-refractivity contribution in [3.63, 3.8) is 0 Å². The molecule has 0 saturated carbocycles. The SMILES string of the molecule is CC[C@@H](N[C@@H](C)CC(N)=O)c1ccc(Cl)c(C(=O)c2cccc(C#N)c2)c1F.[HH].[HH]. The van der Waals surface area contributed by atoms with Crippen LogP contribution in [0.3, 0.4) is 0 Å². The van der Waals surface area contributed by atoms with Crippen LogP contribution in [0.5, 0.6) is 0 Å². The summed E-state index contributed by atoms with van der Waals surface area (Å²) in [6, 6.07) is 10.3. The van der Waals surface area contributed by atoms with Gasteiger partial charge in [0.25, 0.3) is 0 Å². The van der Waals surface area contributed by atoms with Crippen LogP contribution in [0, 0.1) is 17.1 Å². The van der Waals surface area contributed by atoms with Crippen molar-refractivity contribution in [3.8, 4) is 6.07 Å². The zero-order valence-electron chi connectivity index (χ0n) is 15.6. The van der Waals surface area contributed by atoms with Gasteiger partial charge in [-0.1, -0.05) is 36.7 Å². The van der Waals surface area contributed by atoms with Gasteiger partial charge < -0.3 is 11.1 Å². The second kappa shape index (κ2) is 9.45. The molecule has 0 aliphatic heterocycles. The van der Waals surface area contributed by atoms with E-state index in [-0.39, 0.29) is 37.0 Å². The minimum absolute atomic E-state index is 0. The summed E-state index contributed by atoms with van der Waals surface area (Å²) >= 11 is 6.13. The summed E-state index contributed by atoms with van der Waals surface area (Å²) in [5.41, 5.74) is 5.73. The molecule has 0 radical (unpaired) electrons. The number of nitrogens with zero attached hydrogens (tertiary/aromatic N) is 1. The van der Waals surface area contributed by atoms with Crippen LogP contribution in [0.15, 0.2) is 36.4 Å². The smallest absolute Gasteiger partial charge is 0.218 e. The molecule has 0 saturated heterocycles. The van der Waals surface area contributed by atoms with E-state index in [1.807, 2.05) is 13.0 Å². The molecular weight excluding hydrogens is 381 g/mol. The first-order valence-electron chi connectivity index (χ1n) is 8.85. The summed E-state index contributed by atoms with van der Waals surface area (Å²) < 4.78 is 15.3. The van der Waals surface area contributed by atoms with E-state index < -0.39 is 23.5 Å². The number of ketones is 1. The van der Waals surface area contributed by atoms with Crippen molar-refractivity contribution in [2.45, 2.75) is 38.8 Å². The first kappa shape index (κ1) is 21.5. The molecule has 28 heavy (non-hydrogen) atoms. The number of carbonyl (C=O) groups excluding carboxylic acids is 2. The molecule has 0 bridgehead atoms. The number of halogens is 2. The van der Waals surface area contributed by atoms with Crippen LogP contribution in [0.25, 0.3) is 0 Å². The lowest BCUT2D eigenvalue weighted by atomic mass is 9.95. The zero-order valence-corrected chi connectivity index (χ0v) is 16.4. The van der Waals surface area contributed by atoms with Crippen LogP contribution in [-0.2, 0) is 4.79 Å². The highest BCUT2D eigenvalue weighted by molar-refractivity contribution is 6.35. The molecule has 0 spiro atoms. The van der Waals surface area contributed by atoms with Gasteiger partial charge >= 0.3 is 0 Å². The van der Waals surface area contributed by atoms with E-state index in [2.05, 4.69) is 5.32 Å². The minimum Gasteiger partial charge on any atom is -0.370 e. The van der Waals surface area contributed by atoms with E-state index in [4.69, 9.17) is 22.6 Å². The Morgan fingerprint density at radius 1 is 1.36 bits per heavy atom. The lowest BCUT2D eigenvalue weighted by molar-refractivity contribution is -0.118. The molecule has 0 aliphatic carbocycles. The Balaban J connectivity index is 0.00000420. The Morgan fingerprint density at radius 2 is 2.07 bits per heavy atom. The summed E-state index contributed by atoms with van der Waals surface area (Å²) in [7, 11) is 0. The van der Waals surface area contributed by atoms with Crippen LogP contribution in [0.4, 0.5) is 4.39 Å². The van der Waals surface area contributed by atoms with Gasteiger partial charge in [0.1, 0.15) is 5.82 Å². The van der Waals surface area contributed by atoms with Crippen molar-refractivity contribution >= 4 is 23.3 Å². The number of carbonyl (C=O) groups is 2. The fourth-order valence-electron chi connectivity index (χ4n) is 3.05. The Hall–Kier alpha value is -2.75. The number of nitrogens with two attached hydrogens (primary N) is 1. The highest BCUT2D eigenvalue weighted by Gasteiger charge is 2.25. The molecule has 5 nitrogen and oxygen atoms in total. The van der Waals surface area contributed by atoms with E-state index in [9.17, 15) is 9.59 Å². The Labute approximate surface area is 171 Å². The third kappa shape index (κ3) is 4.94. The first-order valence-corrected chi connectivity index (χ1v) is 9.23. The number of nitriles is 1. The predicted octanol–water partition coefficient (Wildman–Crippen LogP) is 4.38. The molecule has 0 fully saturated rings. The van der Waals surface area contributed by atoms with Gasteiger partial charge in [0.05, 0.1) is 22.2 Å². The molecule has 2 aromatic carbocycles. The fraction of sp³-hybridized carbons (Fsp3) is 0.286. The number of hydrogen-bond donors (Lipinski definition) is 2. The van der Waals surface area contributed by atoms with Crippen molar-refractivity contribution in [2.24, 2.45) is 5.73 Å². The number of primary amides is 1. The Bertz CT molecular complexity index is 950. The molecule has 3 N–H and O–H groups in total. The number of benzene rings is 2. The van der Waals surface area contributed by atoms with Crippen LogP contribution >= 0.6 is 11.6 Å². The summed E-state index contributed by atoms with van der Waals surface area (Å²) in [6.45, 7) is 3.64. The third-order valence-electron chi connectivity index (χ3n) is 4.38. The number of hydrogen-bond acceptors (Lipinski definition) is 4. The molecule has 7 heteroatoms. The van der Waals surface area contributed by atoms with Gasteiger partial charge in [-0.2, -0.15) is 5.26 Å². The summed E-state index contributed by atoms with van der Waals surface area (Å²) in [5, 5.41) is 12.2. The highest BCUT2D eigenvalue weighted by Crippen LogP contribution is 2.30. The van der Waals surface area contributed by atoms with Crippen LogP contribution < -0.4 is 11.1 Å². The van der Waals surface area contributed by atoms with Gasteiger partial charge in [-0.15, -0.1) is 0 Å². The van der Waals surface area contributed by atoms with E-state index in [1.165, 1.54) is 24.3 Å². The second-order valence-electron chi connectivity index (χ2n) is 6.55. The quantitative estimate of drug-likeness (QED) is 0.637. The molecule has 150 valence electrons. The number of rotatable bonds is 8.